The Kier molecular flexibility index (Phi) is 3.18. The largest absolute Gasteiger partial charge is 0.347 e. The van der Waals surface area contributed by atoms with Gasteiger partial charge in [0, 0.05) is 6.20 Å². The van der Waals surface area contributed by atoms with Gasteiger partial charge in [-0.3, -0.25) is 4.79 Å². The first-order valence-corrected chi connectivity index (χ1v) is 5.19. The molecule has 1 aromatic heterocycles. The van der Waals surface area contributed by atoms with E-state index in [1.807, 2.05) is 0 Å². The summed E-state index contributed by atoms with van der Waals surface area (Å²) in [5.74, 6) is -0.907. The smallest absolute Gasteiger partial charge is 0.254 e. The third-order valence-electron chi connectivity index (χ3n) is 2.43. The number of hydrogen-bond donors (Lipinski definition) is 2. The molecule has 0 aliphatic carbocycles. The molecule has 0 bridgehead atoms. The molecule has 2 aromatic rings. The number of carbonyl (C=O) groups excluding carboxylic acids is 1. The molecule has 0 fully saturated rings. The van der Waals surface area contributed by atoms with E-state index in [4.69, 9.17) is 0 Å². The van der Waals surface area contributed by atoms with Crippen molar-refractivity contribution in [3.8, 4) is 0 Å². The van der Waals surface area contributed by atoms with E-state index in [-0.39, 0.29) is 5.56 Å². The topological polar surface area (TPSA) is 57.8 Å². The van der Waals surface area contributed by atoms with Gasteiger partial charge < -0.3 is 10.3 Å². The molecule has 1 amide bonds. The van der Waals surface area contributed by atoms with E-state index >= 15 is 0 Å². The Hall–Kier alpha value is -2.17. The number of imidazole rings is 1. The van der Waals surface area contributed by atoms with Gasteiger partial charge in [0.15, 0.2) is 0 Å². The molecular weight excluding hydrogens is 221 g/mol. The normalized spacial score (nSPS) is 10.2. The van der Waals surface area contributed by atoms with Gasteiger partial charge in [0.1, 0.15) is 5.82 Å². The van der Waals surface area contributed by atoms with Crippen LogP contribution in [0, 0.1) is 12.7 Å². The van der Waals surface area contributed by atoms with Crippen LogP contribution in [0.15, 0.2) is 30.7 Å². The van der Waals surface area contributed by atoms with Crippen LogP contribution in [0.3, 0.4) is 0 Å². The zero-order chi connectivity index (χ0) is 12.3. The van der Waals surface area contributed by atoms with Crippen LogP contribution in [-0.2, 0) is 6.54 Å². The molecule has 0 saturated heterocycles. The molecule has 2 N–H and O–H groups in total. The minimum absolute atomic E-state index is 0.0597. The second kappa shape index (κ2) is 4.78. The number of nitrogens with zero attached hydrogens (tertiary/aromatic N) is 1. The fourth-order valence-corrected chi connectivity index (χ4v) is 1.47. The number of carbonyl (C=O) groups is 1. The molecule has 88 valence electrons. The molecule has 0 aliphatic rings. The first-order valence-electron chi connectivity index (χ1n) is 5.19. The molecule has 5 heteroatoms. The summed E-state index contributed by atoms with van der Waals surface area (Å²) in [6, 6.07) is 4.75. The lowest BCUT2D eigenvalue weighted by atomic mass is 10.1. The number of aromatic nitrogens is 2. The van der Waals surface area contributed by atoms with Gasteiger partial charge in [-0.2, -0.15) is 0 Å². The second-order valence-corrected chi connectivity index (χ2v) is 3.70. The van der Waals surface area contributed by atoms with Gasteiger partial charge in [0.25, 0.3) is 5.91 Å². The van der Waals surface area contributed by atoms with Crippen molar-refractivity contribution in [2.24, 2.45) is 0 Å². The SMILES string of the molecule is Cc1cccc(C(=O)NCc2cnc[nH]2)c1F. The molecule has 0 atom stereocenters. The molecule has 0 unspecified atom stereocenters. The van der Waals surface area contributed by atoms with E-state index in [2.05, 4.69) is 15.3 Å². The van der Waals surface area contributed by atoms with Crippen molar-refractivity contribution in [2.45, 2.75) is 13.5 Å². The monoisotopic (exact) mass is 233 g/mol. The number of amides is 1. The number of benzene rings is 1. The lowest BCUT2D eigenvalue weighted by molar-refractivity contribution is 0.0946. The van der Waals surface area contributed by atoms with Gasteiger partial charge in [-0.05, 0) is 18.6 Å². The van der Waals surface area contributed by atoms with Gasteiger partial charge in [0.2, 0.25) is 0 Å². The molecule has 1 aromatic carbocycles. The number of rotatable bonds is 3. The van der Waals surface area contributed by atoms with Crippen molar-refractivity contribution >= 4 is 5.91 Å². The van der Waals surface area contributed by atoms with Crippen LogP contribution in [0.2, 0.25) is 0 Å². The first kappa shape index (κ1) is 11.3. The maximum atomic E-state index is 13.6. The summed E-state index contributed by atoms with van der Waals surface area (Å²) in [6.07, 6.45) is 3.13. The Morgan fingerprint density at radius 1 is 1.53 bits per heavy atom. The highest BCUT2D eigenvalue weighted by molar-refractivity contribution is 5.94. The van der Waals surface area contributed by atoms with Crippen molar-refractivity contribution in [1.82, 2.24) is 15.3 Å². The van der Waals surface area contributed by atoms with Crippen LogP contribution in [0.5, 0.6) is 0 Å². The van der Waals surface area contributed by atoms with Crippen LogP contribution >= 0.6 is 0 Å². The van der Waals surface area contributed by atoms with E-state index in [0.717, 1.165) is 5.69 Å². The van der Waals surface area contributed by atoms with Gasteiger partial charge in [-0.1, -0.05) is 12.1 Å². The average molecular weight is 233 g/mol. The van der Waals surface area contributed by atoms with Crippen molar-refractivity contribution in [2.75, 3.05) is 0 Å². The van der Waals surface area contributed by atoms with Gasteiger partial charge >= 0.3 is 0 Å². The quantitative estimate of drug-likeness (QED) is 0.849. The summed E-state index contributed by atoms with van der Waals surface area (Å²) in [7, 11) is 0. The zero-order valence-electron chi connectivity index (χ0n) is 9.33. The lowest BCUT2D eigenvalue weighted by Crippen LogP contribution is -2.24. The van der Waals surface area contributed by atoms with Crippen molar-refractivity contribution in [1.29, 1.82) is 0 Å². The minimum atomic E-state index is -0.477. The number of aromatic amines is 1. The summed E-state index contributed by atoms with van der Waals surface area (Å²) >= 11 is 0. The van der Waals surface area contributed by atoms with Crippen molar-refractivity contribution in [3.05, 3.63) is 53.4 Å². The van der Waals surface area contributed by atoms with Crippen molar-refractivity contribution < 1.29 is 9.18 Å². The Balaban J connectivity index is 2.07. The predicted octanol–water partition coefficient (Wildman–Crippen LogP) is 1.79. The third kappa shape index (κ3) is 2.50. The fraction of sp³-hybridized carbons (Fsp3) is 0.167. The van der Waals surface area contributed by atoms with E-state index in [9.17, 15) is 9.18 Å². The number of halogens is 1. The minimum Gasteiger partial charge on any atom is -0.347 e. The maximum absolute atomic E-state index is 13.6. The Labute approximate surface area is 97.9 Å². The Bertz CT molecular complexity index is 523. The van der Waals surface area contributed by atoms with Crippen LogP contribution in [-0.4, -0.2) is 15.9 Å². The number of nitrogens with one attached hydrogen (secondary N) is 2. The molecule has 1 heterocycles. The number of aryl methyl sites for hydroxylation is 1. The van der Waals surface area contributed by atoms with E-state index in [1.165, 1.54) is 12.4 Å². The van der Waals surface area contributed by atoms with Crippen LogP contribution < -0.4 is 5.32 Å². The molecule has 0 spiro atoms. The number of H-pyrrole nitrogens is 1. The Morgan fingerprint density at radius 3 is 3.06 bits per heavy atom. The predicted molar refractivity (Wildman–Crippen MR) is 60.9 cm³/mol. The van der Waals surface area contributed by atoms with Crippen LogP contribution in [0.1, 0.15) is 21.6 Å². The molecule has 4 nitrogen and oxygen atoms in total. The lowest BCUT2D eigenvalue weighted by Gasteiger charge is -2.06. The third-order valence-corrected chi connectivity index (χ3v) is 2.43. The molecule has 2 rings (SSSR count). The molecule has 0 aliphatic heterocycles. The van der Waals surface area contributed by atoms with E-state index in [1.54, 1.807) is 25.3 Å². The molecule has 17 heavy (non-hydrogen) atoms. The van der Waals surface area contributed by atoms with Crippen LogP contribution in [0.4, 0.5) is 4.39 Å². The summed E-state index contributed by atoms with van der Waals surface area (Å²) in [5, 5.41) is 2.62. The second-order valence-electron chi connectivity index (χ2n) is 3.70. The Morgan fingerprint density at radius 2 is 2.35 bits per heavy atom. The summed E-state index contributed by atoms with van der Waals surface area (Å²) in [6.45, 7) is 1.92. The molecule has 0 radical (unpaired) electrons. The summed E-state index contributed by atoms with van der Waals surface area (Å²) < 4.78 is 13.6. The average Bonchev–Trinajstić information content (AvgIpc) is 2.82. The fourth-order valence-electron chi connectivity index (χ4n) is 1.47. The highest BCUT2D eigenvalue weighted by Crippen LogP contribution is 2.11. The standard InChI is InChI=1S/C12H12FN3O/c1-8-3-2-4-10(11(8)13)12(17)15-6-9-5-14-7-16-9/h2-5,7H,6H2,1H3,(H,14,16)(H,15,17). The molecule has 0 saturated carbocycles. The number of hydrogen-bond acceptors (Lipinski definition) is 2. The van der Waals surface area contributed by atoms with E-state index in [0.29, 0.717) is 12.1 Å². The highest BCUT2D eigenvalue weighted by Gasteiger charge is 2.12. The first-order chi connectivity index (χ1) is 8.18. The maximum Gasteiger partial charge on any atom is 0.254 e. The van der Waals surface area contributed by atoms with Crippen LogP contribution in [0.25, 0.3) is 0 Å². The van der Waals surface area contributed by atoms with Crippen molar-refractivity contribution in [3.63, 3.8) is 0 Å². The van der Waals surface area contributed by atoms with Gasteiger partial charge in [0.05, 0.1) is 24.1 Å². The molecular formula is C12H12FN3O. The highest BCUT2D eigenvalue weighted by atomic mass is 19.1. The zero-order valence-corrected chi connectivity index (χ0v) is 9.33. The summed E-state index contributed by atoms with van der Waals surface area (Å²) in [5.41, 5.74) is 1.29. The van der Waals surface area contributed by atoms with E-state index < -0.39 is 11.7 Å². The summed E-state index contributed by atoms with van der Waals surface area (Å²) in [4.78, 5) is 18.4. The van der Waals surface area contributed by atoms with Gasteiger partial charge in [-0.25, -0.2) is 9.37 Å². The van der Waals surface area contributed by atoms with Gasteiger partial charge in [-0.15, -0.1) is 0 Å².